The maximum atomic E-state index is 12.5. The first-order chi connectivity index (χ1) is 11.4. The minimum atomic E-state index is -0.875. The van der Waals surface area contributed by atoms with E-state index in [9.17, 15) is 15.0 Å². The molecule has 5 nitrogen and oxygen atoms in total. The molecule has 122 valence electrons. The van der Waals surface area contributed by atoms with Crippen LogP contribution >= 0.6 is 0 Å². The summed E-state index contributed by atoms with van der Waals surface area (Å²) in [7, 11) is 0. The predicted octanol–water partition coefficient (Wildman–Crippen LogP) is 3.74. The molecule has 0 saturated carbocycles. The normalized spacial score (nSPS) is 11.4. The minimum absolute atomic E-state index is 0.0415. The predicted molar refractivity (Wildman–Crippen MR) is 90.0 cm³/mol. The molecule has 0 radical (unpaired) electrons. The van der Waals surface area contributed by atoms with Crippen LogP contribution in [0.15, 0.2) is 54.9 Å². The van der Waals surface area contributed by atoms with Crippen LogP contribution in [0.4, 0.5) is 0 Å². The monoisotopic (exact) mass is 323 g/mol. The van der Waals surface area contributed by atoms with Crippen molar-refractivity contribution in [3.63, 3.8) is 0 Å². The van der Waals surface area contributed by atoms with Crippen LogP contribution in [0.2, 0.25) is 0 Å². The molecule has 0 aliphatic heterocycles. The highest BCUT2D eigenvalue weighted by molar-refractivity contribution is 6.00. The fourth-order valence-corrected chi connectivity index (χ4v) is 2.56. The Balaban J connectivity index is 1.96. The highest BCUT2D eigenvalue weighted by atomic mass is 16.6. The molecule has 2 aromatic carbocycles. The summed E-state index contributed by atoms with van der Waals surface area (Å²) in [5, 5.41) is 21.1. The molecule has 0 spiro atoms. The second-order valence-electron chi connectivity index (χ2n) is 6.00. The molecule has 0 aliphatic carbocycles. The van der Waals surface area contributed by atoms with Crippen LogP contribution in [0.5, 0.6) is 11.5 Å². The fraction of sp³-hybridized carbons (Fsp3) is 0.158. The van der Waals surface area contributed by atoms with E-state index in [2.05, 4.69) is 4.98 Å². The van der Waals surface area contributed by atoms with Crippen molar-refractivity contribution in [1.82, 2.24) is 4.98 Å². The Bertz CT molecular complexity index is 904. The van der Waals surface area contributed by atoms with Crippen LogP contribution in [0.25, 0.3) is 10.8 Å². The molecule has 3 aromatic rings. The van der Waals surface area contributed by atoms with E-state index >= 15 is 0 Å². The van der Waals surface area contributed by atoms with Crippen molar-refractivity contribution in [2.75, 3.05) is 0 Å². The van der Waals surface area contributed by atoms with Crippen LogP contribution in [-0.4, -0.2) is 21.2 Å². The van der Waals surface area contributed by atoms with Gasteiger partial charge in [-0.2, -0.15) is 0 Å². The number of carbonyl (C=O) groups is 1. The zero-order chi connectivity index (χ0) is 17.3. The summed E-state index contributed by atoms with van der Waals surface area (Å²) in [5.41, 5.74) is -0.0285. The van der Waals surface area contributed by atoms with Crippen molar-refractivity contribution in [3.05, 3.63) is 66.0 Å². The zero-order valence-electron chi connectivity index (χ0n) is 13.4. The van der Waals surface area contributed by atoms with E-state index in [-0.39, 0.29) is 17.1 Å². The van der Waals surface area contributed by atoms with Gasteiger partial charge in [-0.3, -0.25) is 4.98 Å². The van der Waals surface area contributed by atoms with Crippen molar-refractivity contribution in [1.29, 1.82) is 0 Å². The second kappa shape index (κ2) is 5.85. The summed E-state index contributed by atoms with van der Waals surface area (Å²) in [4.78, 5) is 16.5. The number of ether oxygens (including phenoxy) is 1. The van der Waals surface area contributed by atoms with Crippen LogP contribution < -0.4 is 0 Å². The quantitative estimate of drug-likeness (QED) is 0.718. The third kappa shape index (κ3) is 2.88. The first-order valence-corrected chi connectivity index (χ1v) is 7.47. The van der Waals surface area contributed by atoms with E-state index in [1.807, 2.05) is 0 Å². The lowest BCUT2D eigenvalue weighted by Crippen LogP contribution is -2.25. The van der Waals surface area contributed by atoms with Gasteiger partial charge in [0.25, 0.3) is 0 Å². The zero-order valence-corrected chi connectivity index (χ0v) is 13.4. The van der Waals surface area contributed by atoms with Gasteiger partial charge in [0.05, 0.1) is 0 Å². The number of hydrogen-bond donors (Lipinski definition) is 2. The van der Waals surface area contributed by atoms with Gasteiger partial charge >= 0.3 is 5.97 Å². The van der Waals surface area contributed by atoms with E-state index in [1.54, 1.807) is 50.5 Å². The van der Waals surface area contributed by atoms with Gasteiger partial charge in [-0.25, -0.2) is 4.79 Å². The van der Waals surface area contributed by atoms with Gasteiger partial charge in [0.15, 0.2) is 0 Å². The van der Waals surface area contributed by atoms with Gasteiger partial charge in [0.1, 0.15) is 22.7 Å². The Morgan fingerprint density at radius 1 is 1.04 bits per heavy atom. The summed E-state index contributed by atoms with van der Waals surface area (Å²) < 4.78 is 5.58. The van der Waals surface area contributed by atoms with E-state index in [1.165, 1.54) is 18.2 Å². The lowest BCUT2D eigenvalue weighted by atomic mass is 9.99. The van der Waals surface area contributed by atoms with Crippen molar-refractivity contribution >= 4 is 16.7 Å². The highest BCUT2D eigenvalue weighted by Gasteiger charge is 2.27. The number of aromatic nitrogens is 1. The number of benzene rings is 2. The number of carbonyl (C=O) groups excluding carboxylic acids is 1. The van der Waals surface area contributed by atoms with E-state index in [0.717, 1.165) is 5.56 Å². The summed E-state index contributed by atoms with van der Waals surface area (Å²) in [6.45, 7) is 3.54. The average molecular weight is 323 g/mol. The minimum Gasteiger partial charge on any atom is -0.507 e. The Morgan fingerprint density at radius 3 is 2.46 bits per heavy atom. The number of fused-ring (bicyclic) bond motifs is 1. The number of aromatic hydroxyl groups is 2. The topological polar surface area (TPSA) is 79.7 Å². The van der Waals surface area contributed by atoms with Crippen LogP contribution in [0.1, 0.15) is 29.8 Å². The number of nitrogens with zero attached hydrogens (tertiary/aromatic N) is 1. The first kappa shape index (κ1) is 15.8. The van der Waals surface area contributed by atoms with Crippen molar-refractivity contribution in [3.8, 4) is 11.5 Å². The number of esters is 1. The summed E-state index contributed by atoms with van der Waals surface area (Å²) >= 11 is 0. The average Bonchev–Trinajstić information content (AvgIpc) is 2.55. The molecule has 0 amide bonds. The van der Waals surface area contributed by atoms with E-state index < -0.39 is 11.6 Å². The molecule has 0 bridgehead atoms. The molecular formula is C19H17NO4. The summed E-state index contributed by atoms with van der Waals surface area (Å²) in [5.74, 6) is -0.834. The van der Waals surface area contributed by atoms with Gasteiger partial charge in [0.2, 0.25) is 0 Å². The molecular weight excluding hydrogens is 306 g/mol. The number of hydrogen-bond acceptors (Lipinski definition) is 5. The molecule has 0 unspecified atom stereocenters. The first-order valence-electron chi connectivity index (χ1n) is 7.47. The third-order valence-electron chi connectivity index (χ3n) is 3.92. The molecule has 5 heteroatoms. The Hall–Kier alpha value is -3.08. The molecule has 24 heavy (non-hydrogen) atoms. The molecule has 0 atom stereocenters. The van der Waals surface area contributed by atoms with Gasteiger partial charge in [0, 0.05) is 17.8 Å². The van der Waals surface area contributed by atoms with Crippen molar-refractivity contribution in [2.45, 2.75) is 19.4 Å². The Labute approximate surface area is 139 Å². The van der Waals surface area contributed by atoms with Crippen LogP contribution in [-0.2, 0) is 10.3 Å². The number of phenols is 2. The molecule has 0 fully saturated rings. The highest BCUT2D eigenvalue weighted by Crippen LogP contribution is 2.33. The molecule has 0 aliphatic rings. The van der Waals surface area contributed by atoms with Crippen LogP contribution in [0, 0.1) is 0 Å². The Morgan fingerprint density at radius 2 is 1.75 bits per heavy atom. The number of rotatable bonds is 3. The largest absolute Gasteiger partial charge is 0.507 e. The lowest BCUT2D eigenvalue weighted by Gasteiger charge is -2.25. The summed E-state index contributed by atoms with van der Waals surface area (Å²) in [6, 6.07) is 11.4. The van der Waals surface area contributed by atoms with Gasteiger partial charge in [-0.1, -0.05) is 12.1 Å². The second-order valence-corrected chi connectivity index (χ2v) is 6.00. The standard InChI is InChI=1S/C19H17NO4/c1-19(2,13-6-8-20-9-7-13)24-18(23)15-10-12-4-3-5-16(21)14(12)11-17(15)22/h3-11,21-22H,1-2H3. The lowest BCUT2D eigenvalue weighted by molar-refractivity contribution is -0.00340. The number of phenolic OH excluding ortho intramolecular Hbond substituents is 2. The van der Waals surface area contributed by atoms with E-state index in [0.29, 0.717) is 10.8 Å². The smallest absolute Gasteiger partial charge is 0.342 e. The molecule has 0 saturated heterocycles. The molecule has 2 N–H and O–H groups in total. The molecule has 1 aromatic heterocycles. The van der Waals surface area contributed by atoms with Gasteiger partial charge in [-0.15, -0.1) is 0 Å². The maximum Gasteiger partial charge on any atom is 0.342 e. The van der Waals surface area contributed by atoms with E-state index in [4.69, 9.17) is 4.74 Å². The third-order valence-corrected chi connectivity index (χ3v) is 3.92. The maximum absolute atomic E-state index is 12.5. The molecule has 1 heterocycles. The molecule has 3 rings (SSSR count). The van der Waals surface area contributed by atoms with Gasteiger partial charge < -0.3 is 14.9 Å². The number of pyridine rings is 1. The van der Waals surface area contributed by atoms with Crippen molar-refractivity contribution in [2.24, 2.45) is 0 Å². The van der Waals surface area contributed by atoms with Crippen LogP contribution in [0.3, 0.4) is 0 Å². The fourth-order valence-electron chi connectivity index (χ4n) is 2.56. The van der Waals surface area contributed by atoms with Crippen molar-refractivity contribution < 1.29 is 19.7 Å². The summed E-state index contributed by atoms with van der Waals surface area (Å²) in [6.07, 6.45) is 3.25. The Kier molecular flexibility index (Phi) is 3.85. The van der Waals surface area contributed by atoms with Gasteiger partial charge in [-0.05, 0) is 55.1 Å². The SMILES string of the molecule is CC(C)(OC(=O)c1cc2cccc(O)c2cc1O)c1ccncc1.